The maximum absolute atomic E-state index is 12.2. The first-order chi connectivity index (χ1) is 13.5. The first kappa shape index (κ1) is 19.7. The Morgan fingerprint density at radius 3 is 2.43 bits per heavy atom. The van der Waals surface area contributed by atoms with Crippen LogP contribution in [0.25, 0.3) is 10.9 Å². The van der Waals surface area contributed by atoms with Crippen LogP contribution < -0.4 is 10.2 Å². The Bertz CT molecular complexity index is 960. The quantitative estimate of drug-likeness (QED) is 0.452. The second-order valence-corrected chi connectivity index (χ2v) is 7.44. The third-order valence-corrected chi connectivity index (χ3v) is 4.69. The number of nitrogens with zero attached hydrogens (tertiary/aromatic N) is 1. The Morgan fingerprint density at radius 1 is 1.07 bits per heavy atom. The van der Waals surface area contributed by atoms with Gasteiger partial charge in [-0.05, 0) is 35.1 Å². The predicted octanol–water partition coefficient (Wildman–Crippen LogP) is 4.94. The molecule has 5 nitrogen and oxygen atoms in total. The highest BCUT2D eigenvalue weighted by Gasteiger charge is 2.16. The van der Waals surface area contributed by atoms with Gasteiger partial charge in [0.25, 0.3) is 5.91 Å². The lowest BCUT2D eigenvalue weighted by Crippen LogP contribution is -2.25. The van der Waals surface area contributed by atoms with Gasteiger partial charge in [-0.2, -0.15) is 5.10 Å². The zero-order chi connectivity index (χ0) is 20.1. The van der Waals surface area contributed by atoms with Gasteiger partial charge in [0.15, 0.2) is 6.61 Å². The summed E-state index contributed by atoms with van der Waals surface area (Å²) < 4.78 is 5.92. The van der Waals surface area contributed by atoms with Gasteiger partial charge in [0.2, 0.25) is 0 Å². The molecule has 0 saturated carbocycles. The molecule has 5 heteroatoms. The normalized spacial score (nSPS) is 11.6. The van der Waals surface area contributed by atoms with E-state index >= 15 is 0 Å². The number of benzene rings is 2. The zero-order valence-corrected chi connectivity index (χ0v) is 16.8. The van der Waals surface area contributed by atoms with Crippen LogP contribution in [-0.4, -0.2) is 23.7 Å². The van der Waals surface area contributed by atoms with Gasteiger partial charge in [-0.1, -0.05) is 58.0 Å². The molecule has 2 N–H and O–H groups in total. The van der Waals surface area contributed by atoms with Crippen molar-refractivity contribution in [3.05, 3.63) is 65.4 Å². The number of carbonyl (C=O) groups is 1. The topological polar surface area (TPSA) is 66.5 Å². The van der Waals surface area contributed by atoms with Crippen molar-refractivity contribution in [3.8, 4) is 5.75 Å². The number of para-hydroxylation sites is 1. The summed E-state index contributed by atoms with van der Waals surface area (Å²) in [7, 11) is 0. The van der Waals surface area contributed by atoms with Crippen LogP contribution in [-0.2, 0) is 4.79 Å². The molecular weight excluding hydrogens is 350 g/mol. The Balaban J connectivity index is 1.66. The Kier molecular flexibility index (Phi) is 6.14. The maximum atomic E-state index is 12.2. The smallest absolute Gasteiger partial charge is 0.277 e. The third kappa shape index (κ3) is 4.42. The first-order valence-electron chi connectivity index (χ1n) is 9.61. The molecule has 3 aromatic rings. The van der Waals surface area contributed by atoms with E-state index in [0.717, 1.165) is 33.3 Å². The molecule has 0 atom stereocenters. The molecule has 0 aliphatic rings. The average molecular weight is 377 g/mol. The van der Waals surface area contributed by atoms with Crippen molar-refractivity contribution in [1.82, 2.24) is 10.4 Å². The molecule has 28 heavy (non-hydrogen) atoms. The summed E-state index contributed by atoms with van der Waals surface area (Å²) in [4.78, 5) is 15.4. The van der Waals surface area contributed by atoms with Crippen molar-refractivity contribution < 1.29 is 9.53 Å². The fourth-order valence-corrected chi connectivity index (χ4v) is 3.22. The molecule has 0 unspecified atom stereocenters. The van der Waals surface area contributed by atoms with E-state index < -0.39 is 0 Å². The van der Waals surface area contributed by atoms with Gasteiger partial charge in [-0.25, -0.2) is 5.43 Å². The van der Waals surface area contributed by atoms with Crippen molar-refractivity contribution >= 4 is 23.0 Å². The van der Waals surface area contributed by atoms with Gasteiger partial charge in [0.05, 0.1) is 6.21 Å². The minimum absolute atomic E-state index is 0.0743. The largest absolute Gasteiger partial charge is 0.483 e. The fraction of sp³-hybridized carbons (Fsp3) is 0.304. The van der Waals surface area contributed by atoms with Crippen molar-refractivity contribution in [3.63, 3.8) is 0 Å². The number of aromatic nitrogens is 1. The van der Waals surface area contributed by atoms with Crippen molar-refractivity contribution in [2.75, 3.05) is 6.61 Å². The number of fused-ring (bicyclic) bond motifs is 1. The van der Waals surface area contributed by atoms with Crippen LogP contribution in [0.15, 0.2) is 53.8 Å². The minimum atomic E-state index is -0.286. The van der Waals surface area contributed by atoms with E-state index in [1.165, 1.54) is 0 Å². The van der Waals surface area contributed by atoms with Crippen LogP contribution in [0.1, 0.15) is 56.2 Å². The molecule has 0 spiro atoms. The summed E-state index contributed by atoms with van der Waals surface area (Å²) in [6, 6.07) is 14.0. The molecule has 1 amide bonds. The summed E-state index contributed by atoms with van der Waals surface area (Å²) in [5.74, 6) is 1.16. The monoisotopic (exact) mass is 377 g/mol. The van der Waals surface area contributed by atoms with E-state index in [9.17, 15) is 4.79 Å². The van der Waals surface area contributed by atoms with E-state index in [4.69, 9.17) is 4.74 Å². The van der Waals surface area contributed by atoms with Crippen molar-refractivity contribution in [2.24, 2.45) is 5.10 Å². The van der Waals surface area contributed by atoms with Crippen molar-refractivity contribution in [1.29, 1.82) is 0 Å². The maximum Gasteiger partial charge on any atom is 0.277 e. The standard InChI is InChI=1S/C23H27N3O2/c1-15(2)18-8-6-9-19(16(3)4)23(18)28-14-22(27)26-25-13-17-7-5-10-21-20(17)11-12-24-21/h5-13,15-16,24H,14H2,1-4H3,(H,26,27)/b25-13+. The highest BCUT2D eigenvalue weighted by molar-refractivity contribution is 5.98. The zero-order valence-electron chi connectivity index (χ0n) is 16.8. The number of rotatable bonds is 7. The van der Waals surface area contributed by atoms with Gasteiger partial charge in [-0.15, -0.1) is 0 Å². The van der Waals surface area contributed by atoms with Gasteiger partial charge >= 0.3 is 0 Å². The van der Waals surface area contributed by atoms with E-state index in [1.807, 2.05) is 36.5 Å². The number of hydrogen-bond donors (Lipinski definition) is 2. The molecule has 0 radical (unpaired) electrons. The van der Waals surface area contributed by atoms with Crippen LogP contribution in [0.3, 0.4) is 0 Å². The second-order valence-electron chi connectivity index (χ2n) is 7.44. The molecule has 1 heterocycles. The van der Waals surface area contributed by atoms with E-state index in [0.29, 0.717) is 11.8 Å². The molecule has 3 rings (SSSR count). The lowest BCUT2D eigenvalue weighted by atomic mass is 9.94. The summed E-state index contributed by atoms with van der Waals surface area (Å²) in [6.45, 7) is 8.42. The summed E-state index contributed by atoms with van der Waals surface area (Å²) in [6.07, 6.45) is 3.53. The molecule has 1 aromatic heterocycles. The number of ether oxygens (including phenoxy) is 1. The molecule has 0 fully saturated rings. The minimum Gasteiger partial charge on any atom is -0.483 e. The van der Waals surface area contributed by atoms with Gasteiger partial charge < -0.3 is 9.72 Å². The molecule has 0 aliphatic carbocycles. The average Bonchev–Trinajstić information content (AvgIpc) is 3.15. The molecular formula is C23H27N3O2. The Morgan fingerprint density at radius 2 is 1.75 bits per heavy atom. The highest BCUT2D eigenvalue weighted by atomic mass is 16.5. The molecule has 146 valence electrons. The summed E-state index contributed by atoms with van der Waals surface area (Å²) >= 11 is 0. The van der Waals surface area contributed by atoms with Crippen molar-refractivity contribution in [2.45, 2.75) is 39.5 Å². The highest BCUT2D eigenvalue weighted by Crippen LogP contribution is 2.34. The van der Waals surface area contributed by atoms with Crippen LogP contribution in [0.2, 0.25) is 0 Å². The van der Waals surface area contributed by atoms with Gasteiger partial charge in [0, 0.05) is 22.7 Å². The molecule has 0 bridgehead atoms. The van der Waals surface area contributed by atoms with E-state index in [2.05, 4.69) is 55.3 Å². The van der Waals surface area contributed by atoms with Crippen LogP contribution >= 0.6 is 0 Å². The number of H-pyrrole nitrogens is 1. The Hall–Kier alpha value is -3.08. The number of carbonyl (C=O) groups excluding carboxylic acids is 1. The number of hydrazone groups is 1. The van der Waals surface area contributed by atoms with E-state index in [-0.39, 0.29) is 12.5 Å². The predicted molar refractivity (Wildman–Crippen MR) is 114 cm³/mol. The van der Waals surface area contributed by atoms with Gasteiger partial charge in [0.1, 0.15) is 5.75 Å². The van der Waals surface area contributed by atoms with Gasteiger partial charge in [-0.3, -0.25) is 4.79 Å². The van der Waals surface area contributed by atoms with Crippen LogP contribution in [0.5, 0.6) is 5.75 Å². The fourth-order valence-electron chi connectivity index (χ4n) is 3.22. The number of nitrogens with one attached hydrogen (secondary N) is 2. The molecule has 2 aromatic carbocycles. The third-order valence-electron chi connectivity index (χ3n) is 4.69. The number of aromatic amines is 1. The SMILES string of the molecule is CC(C)c1cccc(C(C)C)c1OCC(=O)N/N=C/c1cccc2[nH]ccc12. The van der Waals surface area contributed by atoms with Crippen LogP contribution in [0.4, 0.5) is 0 Å². The summed E-state index contributed by atoms with van der Waals surface area (Å²) in [5, 5.41) is 5.14. The molecule has 0 aliphatic heterocycles. The van der Waals surface area contributed by atoms with Crippen LogP contribution in [0, 0.1) is 0 Å². The first-order valence-corrected chi connectivity index (χ1v) is 9.61. The lowest BCUT2D eigenvalue weighted by molar-refractivity contribution is -0.123. The Labute approximate surface area is 165 Å². The van der Waals surface area contributed by atoms with E-state index in [1.54, 1.807) is 6.21 Å². The number of amides is 1. The second kappa shape index (κ2) is 8.74. The number of hydrogen-bond acceptors (Lipinski definition) is 3. The molecule has 0 saturated heterocycles. The lowest BCUT2D eigenvalue weighted by Gasteiger charge is -2.19. The summed E-state index contributed by atoms with van der Waals surface area (Å²) in [5.41, 5.74) is 6.75.